The SMILES string of the molecule is COc1cccc(NC(=O)Cc2c(C)nc(SC(C)c3ccccc3)[nH]c2=O)c1. The number of nitrogens with zero attached hydrogens (tertiary/aromatic N) is 1. The van der Waals surface area contributed by atoms with Gasteiger partial charge in [0, 0.05) is 28.3 Å². The lowest BCUT2D eigenvalue weighted by molar-refractivity contribution is -0.115. The van der Waals surface area contributed by atoms with E-state index in [4.69, 9.17) is 4.74 Å². The number of hydrogen-bond acceptors (Lipinski definition) is 5. The first-order chi connectivity index (χ1) is 14.0. The summed E-state index contributed by atoms with van der Waals surface area (Å²) in [6.07, 6.45) is -0.0510. The summed E-state index contributed by atoms with van der Waals surface area (Å²) in [5, 5.41) is 3.47. The molecule has 2 N–H and O–H groups in total. The predicted octanol–water partition coefficient (Wildman–Crippen LogP) is 4.12. The number of hydrogen-bond donors (Lipinski definition) is 2. The fourth-order valence-electron chi connectivity index (χ4n) is 2.87. The Balaban J connectivity index is 1.70. The number of carbonyl (C=O) groups excluding carboxylic acids is 1. The van der Waals surface area contributed by atoms with Gasteiger partial charge >= 0.3 is 0 Å². The highest BCUT2D eigenvalue weighted by atomic mass is 32.2. The van der Waals surface area contributed by atoms with Crippen LogP contribution in [-0.4, -0.2) is 23.0 Å². The first kappa shape index (κ1) is 20.7. The number of aryl methyl sites for hydroxylation is 1. The van der Waals surface area contributed by atoms with E-state index in [-0.39, 0.29) is 23.1 Å². The third-order valence-electron chi connectivity index (χ3n) is 4.45. The lowest BCUT2D eigenvalue weighted by atomic mass is 10.1. The van der Waals surface area contributed by atoms with Crippen molar-refractivity contribution in [3.05, 3.63) is 81.8 Å². The van der Waals surface area contributed by atoms with Crippen molar-refractivity contribution >= 4 is 23.4 Å². The monoisotopic (exact) mass is 409 g/mol. The average Bonchev–Trinajstić information content (AvgIpc) is 2.71. The van der Waals surface area contributed by atoms with Crippen LogP contribution in [0.5, 0.6) is 5.75 Å². The number of ether oxygens (including phenoxy) is 1. The molecule has 3 rings (SSSR count). The number of thioether (sulfide) groups is 1. The molecule has 6 nitrogen and oxygen atoms in total. The first-order valence-corrected chi connectivity index (χ1v) is 10.1. The van der Waals surface area contributed by atoms with Crippen LogP contribution >= 0.6 is 11.8 Å². The van der Waals surface area contributed by atoms with Crippen molar-refractivity contribution in [2.75, 3.05) is 12.4 Å². The molecule has 0 aliphatic carbocycles. The molecule has 0 aliphatic rings. The number of aromatic nitrogens is 2. The van der Waals surface area contributed by atoms with E-state index in [1.807, 2.05) is 30.3 Å². The second kappa shape index (κ2) is 9.43. The molecule has 0 saturated carbocycles. The van der Waals surface area contributed by atoms with Crippen LogP contribution in [0.3, 0.4) is 0 Å². The zero-order valence-corrected chi connectivity index (χ0v) is 17.4. The second-order valence-electron chi connectivity index (χ2n) is 6.56. The fraction of sp³-hybridized carbons (Fsp3) is 0.227. The topological polar surface area (TPSA) is 84.1 Å². The number of aromatic amines is 1. The molecule has 1 aromatic heterocycles. The van der Waals surface area contributed by atoms with Crippen LogP contribution in [-0.2, 0) is 11.2 Å². The molecule has 29 heavy (non-hydrogen) atoms. The molecule has 1 unspecified atom stereocenters. The smallest absolute Gasteiger partial charge is 0.255 e. The summed E-state index contributed by atoms with van der Waals surface area (Å²) in [5.74, 6) is 0.360. The number of rotatable bonds is 7. The van der Waals surface area contributed by atoms with E-state index in [9.17, 15) is 9.59 Å². The Kier molecular flexibility index (Phi) is 6.72. The van der Waals surface area contributed by atoms with Crippen LogP contribution in [0, 0.1) is 6.92 Å². The van der Waals surface area contributed by atoms with Crippen LogP contribution in [0.4, 0.5) is 5.69 Å². The van der Waals surface area contributed by atoms with Gasteiger partial charge in [0.05, 0.1) is 13.5 Å². The maximum absolute atomic E-state index is 12.6. The van der Waals surface area contributed by atoms with E-state index in [0.717, 1.165) is 5.56 Å². The molecule has 0 aliphatic heterocycles. The van der Waals surface area contributed by atoms with Gasteiger partial charge in [-0.1, -0.05) is 48.2 Å². The number of amides is 1. The summed E-state index contributed by atoms with van der Waals surface area (Å²) >= 11 is 1.48. The number of nitrogens with one attached hydrogen (secondary N) is 2. The Morgan fingerprint density at radius 3 is 2.66 bits per heavy atom. The van der Waals surface area contributed by atoms with Gasteiger partial charge in [-0.2, -0.15) is 0 Å². The molecule has 1 atom stereocenters. The zero-order valence-electron chi connectivity index (χ0n) is 16.6. The molecular weight excluding hydrogens is 386 g/mol. The van der Waals surface area contributed by atoms with Crippen molar-refractivity contribution < 1.29 is 9.53 Å². The third kappa shape index (κ3) is 5.48. The maximum Gasteiger partial charge on any atom is 0.255 e. The molecule has 0 radical (unpaired) electrons. The Morgan fingerprint density at radius 1 is 1.21 bits per heavy atom. The normalized spacial score (nSPS) is 11.7. The Bertz CT molecular complexity index is 1050. The van der Waals surface area contributed by atoms with Crippen molar-refractivity contribution in [2.24, 2.45) is 0 Å². The van der Waals surface area contributed by atoms with Crippen LogP contribution in [0.25, 0.3) is 0 Å². The summed E-state index contributed by atoms with van der Waals surface area (Å²) in [6.45, 7) is 3.81. The Labute approximate surface area is 173 Å². The Morgan fingerprint density at radius 2 is 1.97 bits per heavy atom. The van der Waals surface area contributed by atoms with E-state index in [1.165, 1.54) is 11.8 Å². The minimum Gasteiger partial charge on any atom is -0.497 e. The lowest BCUT2D eigenvalue weighted by Gasteiger charge is -2.12. The van der Waals surface area contributed by atoms with E-state index >= 15 is 0 Å². The molecule has 1 heterocycles. The van der Waals surface area contributed by atoms with Crippen LogP contribution < -0.4 is 15.6 Å². The number of carbonyl (C=O) groups is 1. The summed E-state index contributed by atoms with van der Waals surface area (Å²) in [5.41, 5.74) is 2.39. The molecule has 0 bridgehead atoms. The minimum absolute atomic E-state index is 0.0510. The number of H-pyrrole nitrogens is 1. The fourth-order valence-corrected chi connectivity index (χ4v) is 3.84. The van der Waals surface area contributed by atoms with Crippen molar-refractivity contribution in [1.29, 1.82) is 0 Å². The highest BCUT2D eigenvalue weighted by Gasteiger charge is 2.15. The molecule has 150 valence electrons. The lowest BCUT2D eigenvalue weighted by Crippen LogP contribution is -2.23. The van der Waals surface area contributed by atoms with Gasteiger partial charge in [0.1, 0.15) is 5.75 Å². The van der Waals surface area contributed by atoms with Gasteiger partial charge in [-0.25, -0.2) is 4.98 Å². The summed E-state index contributed by atoms with van der Waals surface area (Å²) in [4.78, 5) is 32.2. The van der Waals surface area contributed by atoms with Crippen LogP contribution in [0.1, 0.15) is 29.0 Å². The molecule has 0 spiro atoms. The van der Waals surface area contributed by atoms with E-state index in [2.05, 4.69) is 22.2 Å². The molecule has 3 aromatic rings. The molecular formula is C22H23N3O3S. The highest BCUT2D eigenvalue weighted by molar-refractivity contribution is 7.99. The zero-order chi connectivity index (χ0) is 20.8. The van der Waals surface area contributed by atoms with Crippen molar-refractivity contribution in [1.82, 2.24) is 9.97 Å². The van der Waals surface area contributed by atoms with Gasteiger partial charge in [-0.15, -0.1) is 0 Å². The number of anilines is 1. The molecule has 7 heteroatoms. The first-order valence-electron chi connectivity index (χ1n) is 9.21. The van der Waals surface area contributed by atoms with Crippen molar-refractivity contribution in [3.8, 4) is 5.75 Å². The maximum atomic E-state index is 12.6. The highest BCUT2D eigenvalue weighted by Crippen LogP contribution is 2.32. The number of benzene rings is 2. The predicted molar refractivity (Wildman–Crippen MR) is 116 cm³/mol. The summed E-state index contributed by atoms with van der Waals surface area (Å²) in [7, 11) is 1.56. The average molecular weight is 410 g/mol. The van der Waals surface area contributed by atoms with Gasteiger partial charge in [0.25, 0.3) is 5.56 Å². The molecule has 0 fully saturated rings. The third-order valence-corrected chi connectivity index (χ3v) is 5.49. The van der Waals surface area contributed by atoms with Gasteiger partial charge in [0.15, 0.2) is 5.16 Å². The summed E-state index contributed by atoms with van der Waals surface area (Å²) in [6, 6.07) is 17.1. The van der Waals surface area contributed by atoms with Gasteiger partial charge in [0.2, 0.25) is 5.91 Å². The standard InChI is InChI=1S/C22H23N3O3S/c1-14-19(13-20(26)24-17-10-7-11-18(12-17)28-3)21(27)25-22(23-14)29-15(2)16-8-5-4-6-9-16/h4-12,15H,13H2,1-3H3,(H,24,26)(H,23,25,27). The number of methoxy groups -OCH3 is 1. The van der Waals surface area contributed by atoms with Crippen LogP contribution in [0.15, 0.2) is 64.5 Å². The van der Waals surface area contributed by atoms with E-state index < -0.39 is 0 Å². The van der Waals surface area contributed by atoms with Crippen LogP contribution in [0.2, 0.25) is 0 Å². The minimum atomic E-state index is -0.291. The van der Waals surface area contributed by atoms with Gasteiger partial charge in [-0.05, 0) is 31.5 Å². The van der Waals surface area contributed by atoms with Gasteiger partial charge in [-0.3, -0.25) is 9.59 Å². The second-order valence-corrected chi connectivity index (χ2v) is 7.89. The van der Waals surface area contributed by atoms with E-state index in [0.29, 0.717) is 27.9 Å². The van der Waals surface area contributed by atoms with Crippen molar-refractivity contribution in [2.45, 2.75) is 30.7 Å². The van der Waals surface area contributed by atoms with Gasteiger partial charge < -0.3 is 15.0 Å². The van der Waals surface area contributed by atoms with Crippen molar-refractivity contribution in [3.63, 3.8) is 0 Å². The molecule has 1 amide bonds. The summed E-state index contributed by atoms with van der Waals surface area (Å²) < 4.78 is 5.15. The Hall–Kier alpha value is -3.06. The van der Waals surface area contributed by atoms with E-state index in [1.54, 1.807) is 38.3 Å². The largest absolute Gasteiger partial charge is 0.497 e. The molecule has 2 aromatic carbocycles. The quantitative estimate of drug-likeness (QED) is 0.453. The molecule has 0 saturated heterocycles.